The maximum absolute atomic E-state index is 14.4. The first-order chi connectivity index (χ1) is 21.9. The molecule has 0 heterocycles. The van der Waals surface area contributed by atoms with E-state index in [-0.39, 0.29) is 18.7 Å². The number of hydrogen-bond donors (Lipinski definition) is 3. The Hall–Kier alpha value is -4.08. The number of aromatic hydroxyl groups is 1. The van der Waals surface area contributed by atoms with E-state index < -0.39 is 53.2 Å². The predicted molar refractivity (Wildman–Crippen MR) is 183 cm³/mol. The van der Waals surface area contributed by atoms with E-state index in [0.29, 0.717) is 17.5 Å². The number of hydrogen-bond acceptors (Lipinski definition) is 7. The van der Waals surface area contributed by atoms with Crippen molar-refractivity contribution in [2.24, 2.45) is 0 Å². The second-order valence-corrected chi connectivity index (χ2v) is 14.0. The van der Waals surface area contributed by atoms with Gasteiger partial charge in [0.1, 0.15) is 35.1 Å². The highest BCUT2D eigenvalue weighted by atomic mass is 16.6. The summed E-state index contributed by atoms with van der Waals surface area (Å²) in [6, 6.07) is 10.8. The second kappa shape index (κ2) is 17.7. The van der Waals surface area contributed by atoms with Crippen molar-refractivity contribution in [1.82, 2.24) is 15.5 Å². The molecule has 0 aliphatic carbocycles. The number of amides is 3. The summed E-state index contributed by atoms with van der Waals surface area (Å²) in [6.07, 6.45) is 3.93. The van der Waals surface area contributed by atoms with Gasteiger partial charge in [-0.15, -0.1) is 0 Å². The molecular weight excluding hydrogens is 598 g/mol. The molecule has 47 heavy (non-hydrogen) atoms. The monoisotopic (exact) mass is 653 g/mol. The van der Waals surface area contributed by atoms with Crippen LogP contribution >= 0.6 is 0 Å². The van der Waals surface area contributed by atoms with Crippen molar-refractivity contribution in [2.45, 2.75) is 130 Å². The third kappa shape index (κ3) is 13.7. The molecule has 3 atom stereocenters. The van der Waals surface area contributed by atoms with Gasteiger partial charge in [-0.3, -0.25) is 9.59 Å². The van der Waals surface area contributed by atoms with E-state index in [2.05, 4.69) is 17.6 Å². The molecule has 260 valence electrons. The molecular formula is C37H55N3O7. The first kappa shape index (κ1) is 39.1. The summed E-state index contributed by atoms with van der Waals surface area (Å²) < 4.78 is 11.1. The summed E-state index contributed by atoms with van der Waals surface area (Å²) in [7, 11) is 0. The first-order valence-corrected chi connectivity index (χ1v) is 16.6. The molecule has 0 radical (unpaired) electrons. The topological polar surface area (TPSA) is 134 Å². The second-order valence-electron chi connectivity index (χ2n) is 14.0. The lowest BCUT2D eigenvalue weighted by Gasteiger charge is -2.35. The van der Waals surface area contributed by atoms with Crippen molar-refractivity contribution in [1.29, 1.82) is 0 Å². The van der Waals surface area contributed by atoms with Crippen LogP contribution in [-0.2, 0) is 30.3 Å². The lowest BCUT2D eigenvalue weighted by atomic mass is 9.98. The highest BCUT2D eigenvalue weighted by Gasteiger charge is 2.37. The van der Waals surface area contributed by atoms with E-state index in [1.165, 1.54) is 11.0 Å². The number of aryl methyl sites for hydroxylation is 1. The highest BCUT2D eigenvalue weighted by Crippen LogP contribution is 2.28. The van der Waals surface area contributed by atoms with Crippen molar-refractivity contribution in [2.75, 3.05) is 6.54 Å². The molecule has 10 heteroatoms. The van der Waals surface area contributed by atoms with E-state index in [0.717, 1.165) is 31.2 Å². The number of alkyl carbamates (subject to hydrolysis) is 1. The lowest BCUT2D eigenvalue weighted by Crippen LogP contribution is -2.54. The van der Waals surface area contributed by atoms with Crippen LogP contribution in [-0.4, -0.2) is 63.7 Å². The molecule has 0 saturated heterocycles. The van der Waals surface area contributed by atoms with Crippen LogP contribution in [0.2, 0.25) is 0 Å². The van der Waals surface area contributed by atoms with Gasteiger partial charge in [-0.1, -0.05) is 69.0 Å². The number of benzene rings is 2. The third-order valence-corrected chi connectivity index (χ3v) is 7.28. The van der Waals surface area contributed by atoms with Crippen LogP contribution in [0.3, 0.4) is 0 Å². The summed E-state index contributed by atoms with van der Waals surface area (Å²) in [5.41, 5.74) is 0.218. The van der Waals surface area contributed by atoms with Gasteiger partial charge in [0.2, 0.25) is 11.8 Å². The molecule has 0 bridgehead atoms. The Bertz CT molecular complexity index is 1330. The van der Waals surface area contributed by atoms with Gasteiger partial charge in [0.25, 0.3) is 0 Å². The Kier molecular flexibility index (Phi) is 14.8. The van der Waals surface area contributed by atoms with E-state index in [1.54, 1.807) is 67.5 Å². The Balaban J connectivity index is 2.57. The number of esters is 1. The zero-order chi connectivity index (χ0) is 35.4. The molecule has 0 aromatic heterocycles. The minimum Gasteiger partial charge on any atom is -0.508 e. The average molecular weight is 654 g/mol. The van der Waals surface area contributed by atoms with Crippen LogP contribution in [0, 0.1) is 6.92 Å². The first-order valence-electron chi connectivity index (χ1n) is 16.6. The number of phenolic OH excluding ortho intramolecular Hbond substituents is 1. The fraction of sp³-hybridized carbons (Fsp3) is 0.568. The Morgan fingerprint density at radius 3 is 2.04 bits per heavy atom. The van der Waals surface area contributed by atoms with Gasteiger partial charge in [0.15, 0.2) is 0 Å². The van der Waals surface area contributed by atoms with Crippen LogP contribution in [0.15, 0.2) is 48.5 Å². The molecule has 2 rings (SSSR count). The molecule has 2 aromatic rings. The maximum Gasteiger partial charge on any atom is 0.408 e. The number of unbranched alkanes of at least 4 members (excludes halogenated alkanes) is 4. The van der Waals surface area contributed by atoms with Gasteiger partial charge < -0.3 is 30.1 Å². The van der Waals surface area contributed by atoms with Crippen molar-refractivity contribution >= 4 is 23.9 Å². The lowest BCUT2D eigenvalue weighted by molar-refractivity contribution is -0.159. The van der Waals surface area contributed by atoms with Crippen molar-refractivity contribution in [3.05, 3.63) is 65.2 Å². The maximum atomic E-state index is 14.4. The van der Waals surface area contributed by atoms with Gasteiger partial charge in [-0.2, -0.15) is 0 Å². The number of rotatable bonds is 15. The molecule has 0 fully saturated rings. The quantitative estimate of drug-likeness (QED) is 0.147. The fourth-order valence-corrected chi connectivity index (χ4v) is 5.04. The van der Waals surface area contributed by atoms with E-state index >= 15 is 0 Å². The molecule has 3 N–H and O–H groups in total. The van der Waals surface area contributed by atoms with Crippen molar-refractivity contribution in [3.63, 3.8) is 0 Å². The molecule has 0 spiro atoms. The number of nitrogens with one attached hydrogen (secondary N) is 2. The Labute approximate surface area is 280 Å². The van der Waals surface area contributed by atoms with E-state index in [4.69, 9.17) is 9.47 Å². The van der Waals surface area contributed by atoms with Crippen molar-refractivity contribution in [3.8, 4) is 5.75 Å². The SMILES string of the molecule is CCCCCCCN(C(=O)C(C)NC(=O)OC(C)(C)C)C(C(=O)NC(Cc1ccccc1)C(=O)OC(C)(C)C)c1ccc(O)c(C)c1. The fourth-order valence-electron chi connectivity index (χ4n) is 5.04. The predicted octanol–water partition coefficient (Wildman–Crippen LogP) is 6.52. The van der Waals surface area contributed by atoms with Crippen LogP contribution < -0.4 is 10.6 Å². The van der Waals surface area contributed by atoms with Gasteiger partial charge in [0.05, 0.1) is 0 Å². The summed E-state index contributed by atoms with van der Waals surface area (Å²) in [6.45, 7) is 16.0. The molecule has 2 aromatic carbocycles. The van der Waals surface area contributed by atoms with Crippen LogP contribution in [0.4, 0.5) is 4.79 Å². The molecule has 3 unspecified atom stereocenters. The Morgan fingerprint density at radius 2 is 1.47 bits per heavy atom. The van der Waals surface area contributed by atoms with Crippen LogP contribution in [0.25, 0.3) is 0 Å². The summed E-state index contributed by atoms with van der Waals surface area (Å²) in [4.78, 5) is 56.1. The smallest absolute Gasteiger partial charge is 0.408 e. The van der Waals surface area contributed by atoms with Crippen LogP contribution in [0.1, 0.15) is 110 Å². The zero-order valence-electron chi connectivity index (χ0n) is 29.6. The minimum absolute atomic E-state index is 0.0426. The largest absolute Gasteiger partial charge is 0.508 e. The number of ether oxygens (including phenoxy) is 2. The Morgan fingerprint density at radius 1 is 0.851 bits per heavy atom. The van der Waals surface area contributed by atoms with Gasteiger partial charge in [-0.05, 0) is 90.6 Å². The van der Waals surface area contributed by atoms with Gasteiger partial charge in [0, 0.05) is 13.0 Å². The van der Waals surface area contributed by atoms with Crippen LogP contribution in [0.5, 0.6) is 5.75 Å². The van der Waals surface area contributed by atoms with Gasteiger partial charge >= 0.3 is 12.1 Å². The molecule has 3 amide bonds. The normalized spacial score (nSPS) is 13.6. The molecule has 0 aliphatic rings. The summed E-state index contributed by atoms with van der Waals surface area (Å²) in [5.74, 6) is -1.64. The average Bonchev–Trinajstić information content (AvgIpc) is 2.96. The van der Waals surface area contributed by atoms with Gasteiger partial charge in [-0.25, -0.2) is 9.59 Å². The standard InChI is InChI=1S/C37H55N3O7/c1-10-11-12-13-17-22-40(33(43)26(3)38-35(45)47-37(7,8)9)31(28-20-21-30(41)25(2)23-28)32(42)39-29(34(44)46-36(4,5)6)24-27-18-15-14-16-19-27/h14-16,18-21,23,26,29,31,41H,10-13,17,22,24H2,1-9H3,(H,38,45)(H,39,42). The number of carbonyl (C=O) groups excluding carboxylic acids is 4. The third-order valence-electron chi connectivity index (χ3n) is 7.28. The number of nitrogens with zero attached hydrogens (tertiary/aromatic N) is 1. The molecule has 0 saturated carbocycles. The highest BCUT2D eigenvalue weighted by molar-refractivity contribution is 5.94. The number of carbonyl (C=O) groups is 4. The number of phenols is 1. The molecule has 10 nitrogen and oxygen atoms in total. The van der Waals surface area contributed by atoms with E-state index in [9.17, 15) is 24.3 Å². The van der Waals surface area contributed by atoms with E-state index in [1.807, 2.05) is 30.3 Å². The zero-order valence-corrected chi connectivity index (χ0v) is 29.6. The van der Waals surface area contributed by atoms with Crippen molar-refractivity contribution < 1.29 is 33.8 Å². The summed E-state index contributed by atoms with van der Waals surface area (Å²) in [5, 5.41) is 15.8. The molecule has 0 aliphatic heterocycles. The summed E-state index contributed by atoms with van der Waals surface area (Å²) >= 11 is 0. The minimum atomic E-state index is -1.18.